The average molecular weight is 286 g/mol. The van der Waals surface area contributed by atoms with Crippen LogP contribution in [0.1, 0.15) is 19.8 Å². The number of hydrogen-bond acceptors (Lipinski definition) is 4. The van der Waals surface area contributed by atoms with Crippen molar-refractivity contribution in [3.05, 3.63) is 0 Å². The van der Waals surface area contributed by atoms with Crippen LogP contribution in [-0.2, 0) is 9.53 Å². The van der Waals surface area contributed by atoms with Gasteiger partial charge in [0, 0.05) is 32.1 Å². The summed E-state index contributed by atoms with van der Waals surface area (Å²) in [5.41, 5.74) is 0. The van der Waals surface area contributed by atoms with Gasteiger partial charge in [-0.15, -0.1) is 0 Å². The van der Waals surface area contributed by atoms with E-state index in [2.05, 4.69) is 0 Å². The third-order valence-electron chi connectivity index (χ3n) is 3.99. The number of amides is 2. The zero-order valence-corrected chi connectivity index (χ0v) is 11.7. The number of nitrogens with zero attached hydrogens (tertiary/aromatic N) is 2. The smallest absolute Gasteiger partial charge is 0.320 e. The third kappa shape index (κ3) is 3.61. The maximum absolute atomic E-state index is 12.4. The van der Waals surface area contributed by atoms with Gasteiger partial charge in [-0.05, 0) is 13.3 Å². The number of carbonyl (C=O) groups excluding carboxylic acids is 1. The first-order valence-electron chi connectivity index (χ1n) is 7.02. The highest BCUT2D eigenvalue weighted by Gasteiger charge is 2.34. The molecule has 3 atom stereocenters. The second-order valence-corrected chi connectivity index (χ2v) is 5.55. The van der Waals surface area contributed by atoms with Crippen molar-refractivity contribution in [2.75, 3.05) is 32.8 Å². The number of aliphatic carboxylic acids is 1. The van der Waals surface area contributed by atoms with Crippen molar-refractivity contribution < 1.29 is 24.5 Å². The minimum Gasteiger partial charge on any atom is -0.481 e. The number of carboxylic acid groups (broad SMARTS) is 1. The summed E-state index contributed by atoms with van der Waals surface area (Å²) in [7, 11) is 0. The Balaban J connectivity index is 1.87. The van der Waals surface area contributed by atoms with E-state index >= 15 is 0 Å². The molecule has 7 heteroatoms. The molecule has 114 valence electrons. The highest BCUT2D eigenvalue weighted by molar-refractivity contribution is 5.75. The lowest BCUT2D eigenvalue weighted by molar-refractivity contribution is -0.141. The summed E-state index contributed by atoms with van der Waals surface area (Å²) in [6, 6.07) is -0.0770. The molecule has 2 heterocycles. The third-order valence-corrected chi connectivity index (χ3v) is 3.99. The monoisotopic (exact) mass is 286 g/mol. The summed E-state index contributed by atoms with van der Waals surface area (Å²) >= 11 is 0. The van der Waals surface area contributed by atoms with Gasteiger partial charge < -0.3 is 24.7 Å². The molecule has 2 saturated heterocycles. The SMILES string of the molecule is CC(O)C1CCN(C(=O)N2CCOC(CC(=O)O)C2)C1. The summed E-state index contributed by atoms with van der Waals surface area (Å²) in [6.45, 7) is 4.15. The largest absolute Gasteiger partial charge is 0.481 e. The van der Waals surface area contributed by atoms with Crippen LogP contribution in [0.2, 0.25) is 0 Å². The van der Waals surface area contributed by atoms with Crippen molar-refractivity contribution >= 4 is 12.0 Å². The van der Waals surface area contributed by atoms with E-state index in [-0.39, 0.29) is 18.4 Å². The molecule has 2 aliphatic rings. The van der Waals surface area contributed by atoms with Crippen LogP contribution >= 0.6 is 0 Å². The molecule has 0 aliphatic carbocycles. The molecule has 0 saturated carbocycles. The van der Waals surface area contributed by atoms with Crippen molar-refractivity contribution in [3.8, 4) is 0 Å². The Kier molecular flexibility index (Phi) is 4.82. The number of aliphatic hydroxyl groups excluding tert-OH is 1. The molecular weight excluding hydrogens is 264 g/mol. The van der Waals surface area contributed by atoms with Gasteiger partial charge in [0.05, 0.1) is 25.2 Å². The summed E-state index contributed by atoms with van der Waals surface area (Å²) in [6.07, 6.45) is -0.107. The first-order valence-corrected chi connectivity index (χ1v) is 7.02. The fourth-order valence-electron chi connectivity index (χ4n) is 2.77. The number of ether oxygens (including phenoxy) is 1. The van der Waals surface area contributed by atoms with Gasteiger partial charge in [0.2, 0.25) is 0 Å². The number of carboxylic acids is 1. The van der Waals surface area contributed by atoms with E-state index in [0.29, 0.717) is 32.8 Å². The van der Waals surface area contributed by atoms with Gasteiger partial charge in [0.25, 0.3) is 0 Å². The Bertz CT molecular complexity index is 374. The van der Waals surface area contributed by atoms with E-state index in [4.69, 9.17) is 9.84 Å². The average Bonchev–Trinajstić information content (AvgIpc) is 2.87. The van der Waals surface area contributed by atoms with E-state index in [0.717, 1.165) is 6.42 Å². The van der Waals surface area contributed by atoms with Crippen molar-refractivity contribution in [1.82, 2.24) is 9.80 Å². The second-order valence-electron chi connectivity index (χ2n) is 5.55. The molecular formula is C13H22N2O5. The van der Waals surface area contributed by atoms with Crippen LogP contribution in [0.15, 0.2) is 0 Å². The van der Waals surface area contributed by atoms with Crippen molar-refractivity contribution in [2.45, 2.75) is 32.0 Å². The van der Waals surface area contributed by atoms with Crippen LogP contribution in [-0.4, -0.2) is 77.0 Å². The summed E-state index contributed by atoms with van der Waals surface area (Å²) < 4.78 is 5.36. The van der Waals surface area contributed by atoms with Crippen LogP contribution in [0, 0.1) is 5.92 Å². The molecule has 2 aliphatic heterocycles. The lowest BCUT2D eigenvalue weighted by Crippen LogP contribution is -2.51. The molecule has 3 unspecified atom stereocenters. The van der Waals surface area contributed by atoms with Gasteiger partial charge in [-0.25, -0.2) is 4.79 Å². The van der Waals surface area contributed by atoms with E-state index in [9.17, 15) is 14.7 Å². The molecule has 2 N–H and O–H groups in total. The van der Waals surface area contributed by atoms with Gasteiger partial charge >= 0.3 is 12.0 Å². The molecule has 0 radical (unpaired) electrons. The lowest BCUT2D eigenvalue weighted by Gasteiger charge is -2.35. The molecule has 20 heavy (non-hydrogen) atoms. The molecule has 2 rings (SSSR count). The normalized spacial score (nSPS) is 28.5. The van der Waals surface area contributed by atoms with Gasteiger partial charge in [-0.2, -0.15) is 0 Å². The maximum atomic E-state index is 12.4. The Morgan fingerprint density at radius 2 is 2.00 bits per heavy atom. The van der Waals surface area contributed by atoms with Crippen LogP contribution in [0.3, 0.4) is 0 Å². The number of morpholine rings is 1. The molecule has 0 aromatic rings. The minimum absolute atomic E-state index is 0.0770. The summed E-state index contributed by atoms with van der Waals surface area (Å²) in [4.78, 5) is 26.5. The molecule has 0 aromatic carbocycles. The summed E-state index contributed by atoms with van der Waals surface area (Å²) in [5, 5.41) is 18.3. The van der Waals surface area contributed by atoms with Gasteiger partial charge in [0.15, 0.2) is 0 Å². The number of urea groups is 1. The predicted molar refractivity (Wildman–Crippen MR) is 70.3 cm³/mol. The topological polar surface area (TPSA) is 90.3 Å². The maximum Gasteiger partial charge on any atom is 0.320 e. The van der Waals surface area contributed by atoms with E-state index < -0.39 is 18.2 Å². The van der Waals surface area contributed by atoms with Crippen molar-refractivity contribution in [3.63, 3.8) is 0 Å². The van der Waals surface area contributed by atoms with Crippen LogP contribution < -0.4 is 0 Å². The molecule has 0 bridgehead atoms. The van der Waals surface area contributed by atoms with Crippen molar-refractivity contribution in [1.29, 1.82) is 0 Å². The van der Waals surface area contributed by atoms with Gasteiger partial charge in [0.1, 0.15) is 0 Å². The van der Waals surface area contributed by atoms with Gasteiger partial charge in [-0.1, -0.05) is 0 Å². The molecule has 2 amide bonds. The van der Waals surface area contributed by atoms with Crippen LogP contribution in [0.5, 0.6) is 0 Å². The Labute approximate surface area is 118 Å². The molecule has 2 fully saturated rings. The highest BCUT2D eigenvalue weighted by atomic mass is 16.5. The number of hydrogen-bond donors (Lipinski definition) is 2. The standard InChI is InChI=1S/C13H22N2O5/c1-9(16)10-2-3-14(7-10)13(19)15-4-5-20-11(8-15)6-12(17)18/h9-11,16H,2-8H2,1H3,(H,17,18). The zero-order valence-electron chi connectivity index (χ0n) is 11.7. The molecule has 0 aromatic heterocycles. The number of rotatable bonds is 3. The predicted octanol–water partition coefficient (Wildman–Crippen LogP) is -0.0154. The summed E-state index contributed by atoms with van der Waals surface area (Å²) in [5.74, 6) is -0.783. The Hall–Kier alpha value is -1.34. The lowest BCUT2D eigenvalue weighted by atomic mass is 10.0. The van der Waals surface area contributed by atoms with Gasteiger partial charge in [-0.3, -0.25) is 4.79 Å². The fourth-order valence-corrected chi connectivity index (χ4v) is 2.77. The van der Waals surface area contributed by atoms with Crippen molar-refractivity contribution in [2.24, 2.45) is 5.92 Å². The van der Waals surface area contributed by atoms with Crippen LogP contribution in [0.25, 0.3) is 0 Å². The van der Waals surface area contributed by atoms with E-state index in [1.165, 1.54) is 0 Å². The minimum atomic E-state index is -0.917. The van der Waals surface area contributed by atoms with E-state index in [1.807, 2.05) is 0 Å². The van der Waals surface area contributed by atoms with E-state index in [1.54, 1.807) is 16.7 Å². The Morgan fingerprint density at radius 1 is 1.30 bits per heavy atom. The van der Waals surface area contributed by atoms with Crippen LogP contribution in [0.4, 0.5) is 4.79 Å². The number of carbonyl (C=O) groups is 2. The first kappa shape index (κ1) is 15.1. The highest BCUT2D eigenvalue weighted by Crippen LogP contribution is 2.21. The molecule has 0 spiro atoms. The quantitative estimate of drug-likeness (QED) is 0.761. The Morgan fingerprint density at radius 3 is 2.60 bits per heavy atom. The first-order chi connectivity index (χ1) is 9.47. The molecule has 7 nitrogen and oxygen atoms in total. The zero-order chi connectivity index (χ0) is 14.7. The number of likely N-dealkylation sites (tertiary alicyclic amines) is 1. The number of aliphatic hydroxyl groups is 1. The second kappa shape index (κ2) is 6.41. The fraction of sp³-hybridized carbons (Fsp3) is 0.846.